The molecule has 24 heavy (non-hydrogen) atoms. The van der Waals surface area contributed by atoms with Gasteiger partial charge in [0.25, 0.3) is 0 Å². The van der Waals surface area contributed by atoms with Gasteiger partial charge >= 0.3 is 16.9 Å². The third-order valence-corrected chi connectivity index (χ3v) is 4.31. The van der Waals surface area contributed by atoms with Gasteiger partial charge in [0.15, 0.2) is 0 Å². The minimum Gasteiger partial charge on any atom is -0.287 e. The van der Waals surface area contributed by atoms with Gasteiger partial charge in [-0.15, -0.1) is 11.3 Å². The second kappa shape index (κ2) is 7.87. The Morgan fingerprint density at radius 3 is 2.38 bits per heavy atom. The number of rotatable bonds is 7. The molecular weight excluding hydrogens is 330 g/mol. The Morgan fingerprint density at radius 2 is 1.83 bits per heavy atom. The number of hydrogen-bond acceptors (Lipinski definition) is 5. The third-order valence-electron chi connectivity index (χ3n) is 3.47. The molecule has 0 aromatic carbocycles. The fourth-order valence-electron chi connectivity index (χ4n) is 2.45. The van der Waals surface area contributed by atoms with Gasteiger partial charge in [0.1, 0.15) is 5.69 Å². The monoisotopic (exact) mass is 349 g/mol. The first-order chi connectivity index (χ1) is 11.5. The second-order valence-corrected chi connectivity index (χ2v) is 6.21. The lowest BCUT2D eigenvalue weighted by Gasteiger charge is -2.12. The molecule has 0 saturated carbocycles. The van der Waals surface area contributed by atoms with Gasteiger partial charge in [-0.2, -0.15) is 0 Å². The van der Waals surface area contributed by atoms with E-state index >= 15 is 0 Å². The SMILES string of the molecule is CCCn1c(/C=C/c2cccs2)c([N+](=O)[O-])c(=O)n(CCC)c1=O. The zero-order chi connectivity index (χ0) is 17.7. The highest BCUT2D eigenvalue weighted by molar-refractivity contribution is 7.10. The van der Waals surface area contributed by atoms with Crippen LogP contribution < -0.4 is 11.2 Å². The summed E-state index contributed by atoms with van der Waals surface area (Å²) in [5, 5.41) is 13.4. The van der Waals surface area contributed by atoms with Crippen LogP contribution in [-0.4, -0.2) is 14.1 Å². The van der Waals surface area contributed by atoms with Crippen LogP contribution in [-0.2, 0) is 13.1 Å². The zero-order valence-corrected chi connectivity index (χ0v) is 14.4. The van der Waals surface area contributed by atoms with E-state index in [9.17, 15) is 19.7 Å². The Morgan fingerprint density at radius 1 is 1.17 bits per heavy atom. The van der Waals surface area contributed by atoms with E-state index in [1.165, 1.54) is 22.0 Å². The van der Waals surface area contributed by atoms with Crippen LogP contribution in [0.2, 0.25) is 0 Å². The van der Waals surface area contributed by atoms with Crippen LogP contribution in [0.15, 0.2) is 27.1 Å². The van der Waals surface area contributed by atoms with Crippen molar-refractivity contribution in [1.82, 2.24) is 9.13 Å². The van der Waals surface area contributed by atoms with Gasteiger partial charge in [-0.25, -0.2) is 4.79 Å². The predicted octanol–water partition coefficient (Wildman–Crippen LogP) is 2.97. The first-order valence-corrected chi connectivity index (χ1v) is 8.62. The Hall–Kier alpha value is -2.48. The molecule has 0 unspecified atom stereocenters. The molecular formula is C16H19N3O4S. The minimum absolute atomic E-state index is 0.0533. The normalized spacial score (nSPS) is 11.2. The minimum atomic E-state index is -0.843. The summed E-state index contributed by atoms with van der Waals surface area (Å²) < 4.78 is 2.27. The molecule has 7 nitrogen and oxygen atoms in total. The number of nitro groups is 1. The summed E-state index contributed by atoms with van der Waals surface area (Å²) in [5.74, 6) is 0. The van der Waals surface area contributed by atoms with E-state index in [-0.39, 0.29) is 12.2 Å². The van der Waals surface area contributed by atoms with E-state index < -0.39 is 21.9 Å². The first-order valence-electron chi connectivity index (χ1n) is 7.74. The molecule has 0 fully saturated rings. The van der Waals surface area contributed by atoms with Gasteiger partial charge in [-0.3, -0.25) is 24.0 Å². The van der Waals surface area contributed by atoms with Crippen molar-refractivity contribution in [3.8, 4) is 0 Å². The van der Waals surface area contributed by atoms with Crippen molar-refractivity contribution in [2.24, 2.45) is 0 Å². The quantitative estimate of drug-likeness (QED) is 0.568. The number of hydrogen-bond donors (Lipinski definition) is 0. The van der Waals surface area contributed by atoms with Crippen molar-refractivity contribution < 1.29 is 4.92 Å². The van der Waals surface area contributed by atoms with Crippen LogP contribution in [0.1, 0.15) is 37.3 Å². The lowest BCUT2D eigenvalue weighted by molar-refractivity contribution is -0.387. The lowest BCUT2D eigenvalue weighted by Crippen LogP contribution is -2.42. The van der Waals surface area contributed by atoms with Crippen molar-refractivity contribution in [2.75, 3.05) is 0 Å². The van der Waals surface area contributed by atoms with Crippen molar-refractivity contribution >= 4 is 29.2 Å². The van der Waals surface area contributed by atoms with Crippen LogP contribution in [0.3, 0.4) is 0 Å². The van der Waals surface area contributed by atoms with Crippen LogP contribution in [0, 0.1) is 10.1 Å². The topological polar surface area (TPSA) is 87.1 Å². The largest absolute Gasteiger partial charge is 0.357 e. The van der Waals surface area contributed by atoms with E-state index in [0.29, 0.717) is 19.4 Å². The van der Waals surface area contributed by atoms with E-state index in [1.807, 2.05) is 31.4 Å². The highest BCUT2D eigenvalue weighted by Gasteiger charge is 2.25. The number of nitrogens with zero attached hydrogens (tertiary/aromatic N) is 3. The molecule has 0 amide bonds. The third kappa shape index (κ3) is 3.53. The smallest absolute Gasteiger partial charge is 0.287 e. The van der Waals surface area contributed by atoms with E-state index in [2.05, 4.69) is 0 Å². The summed E-state index contributed by atoms with van der Waals surface area (Å²) in [4.78, 5) is 36.7. The van der Waals surface area contributed by atoms with E-state index in [0.717, 1.165) is 9.44 Å². The van der Waals surface area contributed by atoms with Gasteiger partial charge in [0, 0.05) is 18.0 Å². The standard InChI is InChI=1S/C16H19N3O4S/c1-3-9-17-13(8-7-12-6-5-11-24-12)14(19(22)23)15(20)18(10-4-2)16(17)21/h5-8,11H,3-4,9-10H2,1-2H3/b8-7+. The maximum Gasteiger partial charge on any atom is 0.357 e. The van der Waals surface area contributed by atoms with Crippen molar-refractivity contribution in [3.05, 3.63) is 59.0 Å². The molecule has 2 heterocycles. The van der Waals surface area contributed by atoms with Gasteiger partial charge < -0.3 is 0 Å². The summed E-state index contributed by atoms with van der Waals surface area (Å²) >= 11 is 1.47. The molecule has 0 aliphatic carbocycles. The molecule has 0 aliphatic heterocycles. The van der Waals surface area contributed by atoms with Crippen LogP contribution >= 0.6 is 11.3 Å². The fraction of sp³-hybridized carbons (Fsp3) is 0.375. The molecule has 2 aromatic heterocycles. The predicted molar refractivity (Wildman–Crippen MR) is 95.4 cm³/mol. The van der Waals surface area contributed by atoms with Crippen LogP contribution in [0.5, 0.6) is 0 Å². The van der Waals surface area contributed by atoms with Gasteiger partial charge in [0.05, 0.1) is 4.92 Å². The van der Waals surface area contributed by atoms with Crippen LogP contribution in [0.25, 0.3) is 12.2 Å². The van der Waals surface area contributed by atoms with Crippen molar-refractivity contribution in [1.29, 1.82) is 0 Å². The molecule has 0 N–H and O–H groups in total. The van der Waals surface area contributed by atoms with Gasteiger partial charge in [-0.1, -0.05) is 19.9 Å². The summed E-state index contributed by atoms with van der Waals surface area (Å²) in [5.41, 5.74) is -1.84. The van der Waals surface area contributed by atoms with E-state index in [4.69, 9.17) is 0 Å². The summed E-state index contributed by atoms with van der Waals surface area (Å²) in [6, 6.07) is 3.71. The molecule has 2 rings (SSSR count). The molecule has 0 aliphatic rings. The first kappa shape index (κ1) is 17.9. The van der Waals surface area contributed by atoms with Crippen LogP contribution in [0.4, 0.5) is 5.69 Å². The molecule has 128 valence electrons. The van der Waals surface area contributed by atoms with Gasteiger partial charge in [-0.05, 0) is 36.4 Å². The Balaban J connectivity index is 2.76. The molecule has 2 aromatic rings. The Labute approximate surface area is 142 Å². The molecule has 8 heteroatoms. The average molecular weight is 349 g/mol. The summed E-state index contributed by atoms with van der Waals surface area (Å²) in [7, 11) is 0. The molecule has 0 saturated heterocycles. The highest BCUT2D eigenvalue weighted by atomic mass is 32.1. The van der Waals surface area contributed by atoms with Gasteiger partial charge in [0.2, 0.25) is 0 Å². The second-order valence-electron chi connectivity index (χ2n) is 5.23. The number of thiophene rings is 1. The van der Waals surface area contributed by atoms with Crippen molar-refractivity contribution in [3.63, 3.8) is 0 Å². The maximum atomic E-state index is 12.6. The number of aromatic nitrogens is 2. The Bertz CT molecular complexity index is 863. The average Bonchev–Trinajstić information content (AvgIpc) is 3.05. The molecule has 0 radical (unpaired) electrons. The zero-order valence-electron chi connectivity index (χ0n) is 13.6. The summed E-state index contributed by atoms with van der Waals surface area (Å²) in [6.45, 7) is 4.16. The highest BCUT2D eigenvalue weighted by Crippen LogP contribution is 2.18. The molecule has 0 spiro atoms. The lowest BCUT2D eigenvalue weighted by atomic mass is 10.2. The molecule has 0 bridgehead atoms. The Kier molecular flexibility index (Phi) is 5.86. The van der Waals surface area contributed by atoms with Crippen molar-refractivity contribution in [2.45, 2.75) is 39.8 Å². The molecule has 0 atom stereocenters. The van der Waals surface area contributed by atoms with E-state index in [1.54, 1.807) is 6.08 Å². The fourth-order valence-corrected chi connectivity index (χ4v) is 3.07. The maximum absolute atomic E-state index is 12.6. The summed E-state index contributed by atoms with van der Waals surface area (Å²) in [6.07, 6.45) is 4.34.